The zero-order valence-corrected chi connectivity index (χ0v) is 12.7. The van der Waals surface area contributed by atoms with Gasteiger partial charge in [0.05, 0.1) is 11.8 Å². The zero-order valence-electron chi connectivity index (χ0n) is 11.9. The number of aryl methyl sites for hydroxylation is 2. The van der Waals surface area contributed by atoms with Crippen molar-refractivity contribution in [1.82, 2.24) is 4.98 Å². The number of anilines is 1. The largest absolute Gasteiger partial charge is 0.391 e. The van der Waals surface area contributed by atoms with E-state index in [-0.39, 0.29) is 6.10 Å². The molecule has 1 N–H and O–H groups in total. The molecule has 2 heterocycles. The average Bonchev–Trinajstić information content (AvgIpc) is 2.95. The molecule has 1 saturated heterocycles. The number of aromatic nitrogens is 1. The lowest BCUT2D eigenvalue weighted by Crippen LogP contribution is -2.36. The monoisotopic (exact) mass is 280 g/mol. The number of rotatable bonds is 2. The summed E-state index contributed by atoms with van der Waals surface area (Å²) in [7, 11) is 0. The Bertz CT molecular complexity index is 420. The maximum absolute atomic E-state index is 10.1. The van der Waals surface area contributed by atoms with Crippen LogP contribution < -0.4 is 4.90 Å². The molecule has 2 atom stereocenters. The van der Waals surface area contributed by atoms with Gasteiger partial charge in [0.2, 0.25) is 0 Å². The Morgan fingerprint density at radius 2 is 1.95 bits per heavy atom. The molecule has 0 amide bonds. The van der Waals surface area contributed by atoms with Crippen molar-refractivity contribution in [3.05, 3.63) is 10.6 Å². The molecule has 2 fully saturated rings. The number of hydrogen-bond acceptors (Lipinski definition) is 4. The van der Waals surface area contributed by atoms with Gasteiger partial charge in [0, 0.05) is 17.5 Å². The van der Waals surface area contributed by atoms with Gasteiger partial charge in [-0.2, -0.15) is 0 Å². The van der Waals surface area contributed by atoms with Crippen molar-refractivity contribution in [3.63, 3.8) is 0 Å². The number of hydrogen-bond donors (Lipinski definition) is 1. The quantitative estimate of drug-likeness (QED) is 0.903. The van der Waals surface area contributed by atoms with Crippen molar-refractivity contribution in [3.8, 4) is 0 Å². The van der Waals surface area contributed by atoms with Crippen LogP contribution in [0.4, 0.5) is 5.13 Å². The Balaban J connectivity index is 1.81. The third-order valence-electron chi connectivity index (χ3n) is 4.78. The van der Waals surface area contributed by atoms with E-state index < -0.39 is 0 Å². The summed E-state index contributed by atoms with van der Waals surface area (Å²) in [5, 5.41) is 11.2. The summed E-state index contributed by atoms with van der Waals surface area (Å²) < 4.78 is 0. The Kier molecular flexibility index (Phi) is 3.81. The molecule has 0 spiro atoms. The van der Waals surface area contributed by atoms with Gasteiger partial charge in [0.1, 0.15) is 0 Å². The van der Waals surface area contributed by atoms with Gasteiger partial charge in [-0.3, -0.25) is 0 Å². The lowest BCUT2D eigenvalue weighted by Gasteiger charge is -2.33. The van der Waals surface area contributed by atoms with E-state index in [2.05, 4.69) is 18.7 Å². The molecule has 1 aromatic heterocycles. The molecule has 1 aromatic rings. The van der Waals surface area contributed by atoms with E-state index in [9.17, 15) is 5.11 Å². The topological polar surface area (TPSA) is 36.4 Å². The molecule has 1 saturated carbocycles. The first-order valence-electron chi connectivity index (χ1n) is 7.54. The summed E-state index contributed by atoms with van der Waals surface area (Å²) in [4.78, 5) is 8.40. The molecule has 0 aromatic carbocycles. The molecular weight excluding hydrogens is 256 g/mol. The normalized spacial score (nSPS) is 29.1. The van der Waals surface area contributed by atoms with Crippen LogP contribution in [0.25, 0.3) is 0 Å². The average molecular weight is 280 g/mol. The molecule has 1 aliphatic carbocycles. The molecule has 2 aliphatic rings. The molecule has 0 bridgehead atoms. The minimum atomic E-state index is -0.170. The van der Waals surface area contributed by atoms with E-state index in [1.54, 1.807) is 11.3 Å². The van der Waals surface area contributed by atoms with Crippen molar-refractivity contribution >= 4 is 16.5 Å². The molecule has 0 radical (unpaired) electrons. The molecule has 106 valence electrons. The fourth-order valence-electron chi connectivity index (χ4n) is 3.61. The number of aliphatic hydroxyl groups is 1. The van der Waals surface area contributed by atoms with Gasteiger partial charge in [0.15, 0.2) is 5.13 Å². The maximum atomic E-state index is 10.1. The minimum absolute atomic E-state index is 0.170. The van der Waals surface area contributed by atoms with Gasteiger partial charge in [-0.15, -0.1) is 11.3 Å². The molecule has 0 unspecified atom stereocenters. The first-order chi connectivity index (χ1) is 9.15. The third-order valence-corrected chi connectivity index (χ3v) is 5.89. The predicted octanol–water partition coefficient (Wildman–Crippen LogP) is 3.28. The first kappa shape index (κ1) is 13.4. The van der Waals surface area contributed by atoms with Crippen LogP contribution in [0.1, 0.15) is 49.1 Å². The van der Waals surface area contributed by atoms with Crippen molar-refractivity contribution in [2.24, 2.45) is 5.92 Å². The highest BCUT2D eigenvalue weighted by Crippen LogP contribution is 2.38. The van der Waals surface area contributed by atoms with Gasteiger partial charge in [0.25, 0.3) is 0 Å². The second-order valence-corrected chi connectivity index (χ2v) is 7.33. The minimum Gasteiger partial charge on any atom is -0.391 e. The Labute approximate surface area is 119 Å². The highest BCUT2D eigenvalue weighted by atomic mass is 32.1. The van der Waals surface area contributed by atoms with Gasteiger partial charge >= 0.3 is 0 Å². The SMILES string of the molecule is Cc1nc(N2C[C@H](O)C[C@H]2C2CCCCC2)sc1C. The zero-order chi connectivity index (χ0) is 13.4. The van der Waals surface area contributed by atoms with Crippen LogP contribution in [0, 0.1) is 19.8 Å². The molecule has 1 aliphatic heterocycles. The highest BCUT2D eigenvalue weighted by Gasteiger charge is 2.38. The molecule has 3 rings (SSSR count). The summed E-state index contributed by atoms with van der Waals surface area (Å²) in [5.41, 5.74) is 1.14. The van der Waals surface area contributed by atoms with Crippen molar-refractivity contribution < 1.29 is 5.11 Å². The van der Waals surface area contributed by atoms with Crippen molar-refractivity contribution in [2.75, 3.05) is 11.4 Å². The number of β-amino-alcohol motifs (C(OH)–C–C–N with tert-alkyl or cyclic N) is 1. The number of thiazole rings is 1. The lowest BCUT2D eigenvalue weighted by atomic mass is 9.83. The van der Waals surface area contributed by atoms with E-state index in [1.165, 1.54) is 37.0 Å². The van der Waals surface area contributed by atoms with E-state index >= 15 is 0 Å². The highest BCUT2D eigenvalue weighted by molar-refractivity contribution is 7.15. The van der Waals surface area contributed by atoms with Gasteiger partial charge in [-0.05, 0) is 39.0 Å². The van der Waals surface area contributed by atoms with Crippen molar-refractivity contribution in [1.29, 1.82) is 0 Å². The third kappa shape index (κ3) is 2.65. The van der Waals surface area contributed by atoms with Crippen LogP contribution in [-0.2, 0) is 0 Å². The van der Waals surface area contributed by atoms with E-state index in [1.807, 2.05) is 0 Å². The van der Waals surface area contributed by atoms with Crippen LogP contribution in [0.3, 0.4) is 0 Å². The van der Waals surface area contributed by atoms with Crippen LogP contribution in [-0.4, -0.2) is 28.8 Å². The first-order valence-corrected chi connectivity index (χ1v) is 8.35. The van der Waals surface area contributed by atoms with Crippen LogP contribution in [0.2, 0.25) is 0 Å². The van der Waals surface area contributed by atoms with Crippen LogP contribution in [0.15, 0.2) is 0 Å². The van der Waals surface area contributed by atoms with Crippen LogP contribution >= 0.6 is 11.3 Å². The Morgan fingerprint density at radius 1 is 1.21 bits per heavy atom. The summed E-state index contributed by atoms with van der Waals surface area (Å²) in [5.74, 6) is 0.760. The second-order valence-electron chi connectivity index (χ2n) is 6.15. The summed E-state index contributed by atoms with van der Waals surface area (Å²) in [6.45, 7) is 4.99. The molecule has 4 heteroatoms. The number of nitrogens with zero attached hydrogens (tertiary/aromatic N) is 2. The van der Waals surface area contributed by atoms with E-state index in [0.29, 0.717) is 6.04 Å². The van der Waals surface area contributed by atoms with Crippen LogP contribution in [0.5, 0.6) is 0 Å². The van der Waals surface area contributed by atoms with E-state index in [0.717, 1.165) is 29.7 Å². The van der Waals surface area contributed by atoms with E-state index in [4.69, 9.17) is 4.98 Å². The Hall–Kier alpha value is -0.610. The lowest BCUT2D eigenvalue weighted by molar-refractivity contribution is 0.185. The van der Waals surface area contributed by atoms with Gasteiger partial charge in [-0.25, -0.2) is 4.98 Å². The van der Waals surface area contributed by atoms with Gasteiger partial charge < -0.3 is 10.0 Å². The smallest absolute Gasteiger partial charge is 0.186 e. The fraction of sp³-hybridized carbons (Fsp3) is 0.800. The Morgan fingerprint density at radius 3 is 2.58 bits per heavy atom. The molecular formula is C15H24N2OS. The molecule has 19 heavy (non-hydrogen) atoms. The maximum Gasteiger partial charge on any atom is 0.186 e. The second kappa shape index (κ2) is 5.41. The summed E-state index contributed by atoms with van der Waals surface area (Å²) in [6, 6.07) is 0.514. The summed E-state index contributed by atoms with van der Waals surface area (Å²) >= 11 is 1.79. The predicted molar refractivity (Wildman–Crippen MR) is 79.9 cm³/mol. The number of aliphatic hydroxyl groups excluding tert-OH is 1. The summed E-state index contributed by atoms with van der Waals surface area (Å²) in [6.07, 6.45) is 7.54. The fourth-order valence-corrected chi connectivity index (χ4v) is 4.58. The van der Waals surface area contributed by atoms with Crippen molar-refractivity contribution in [2.45, 2.75) is 64.5 Å². The van der Waals surface area contributed by atoms with Gasteiger partial charge in [-0.1, -0.05) is 19.3 Å². The molecule has 3 nitrogen and oxygen atoms in total. The standard InChI is InChI=1S/C15H24N2OS/c1-10-11(2)19-15(16-10)17-9-13(18)8-14(17)12-6-4-3-5-7-12/h12-14,18H,3-9H2,1-2H3/t13-,14+/m1/s1.